The van der Waals surface area contributed by atoms with Gasteiger partial charge in [0.2, 0.25) is 0 Å². The van der Waals surface area contributed by atoms with Gasteiger partial charge in [0.05, 0.1) is 11.2 Å². The van der Waals surface area contributed by atoms with E-state index in [2.05, 4.69) is 4.98 Å². The van der Waals surface area contributed by atoms with Crippen LogP contribution in [-0.4, -0.2) is 25.3 Å². The molecule has 1 aromatic heterocycles. The molecular formula is C11H13BF3NO2. The van der Waals surface area contributed by atoms with E-state index in [1.54, 1.807) is 0 Å². The van der Waals surface area contributed by atoms with Crippen molar-refractivity contribution in [3.05, 3.63) is 23.9 Å². The molecule has 0 N–H and O–H groups in total. The lowest BCUT2D eigenvalue weighted by molar-refractivity contribution is -0.137. The zero-order chi connectivity index (χ0) is 13.4. The van der Waals surface area contributed by atoms with Crippen molar-refractivity contribution < 1.29 is 22.5 Å². The second-order valence-electron chi connectivity index (χ2n) is 5.09. The molecule has 1 saturated heterocycles. The molecule has 3 nitrogen and oxygen atoms in total. The van der Waals surface area contributed by atoms with Gasteiger partial charge in [-0.05, 0) is 12.1 Å². The third-order valence-corrected chi connectivity index (χ3v) is 2.61. The standard InChI is InChI=1S/C11H13BF3NO2/c1-10(2)6-17-12(18-7-10)9-4-3-8(5-16-9)11(13,14)15/h3-5H,6-7H2,1-2H3. The van der Waals surface area contributed by atoms with Gasteiger partial charge in [-0.2, -0.15) is 13.2 Å². The Bertz CT molecular complexity index is 409. The molecule has 0 aromatic carbocycles. The molecule has 0 radical (unpaired) electrons. The van der Waals surface area contributed by atoms with Crippen LogP contribution in [0.15, 0.2) is 18.3 Å². The molecule has 0 saturated carbocycles. The van der Waals surface area contributed by atoms with Crippen LogP contribution in [0.25, 0.3) is 0 Å². The van der Waals surface area contributed by atoms with Crippen LogP contribution in [0.2, 0.25) is 0 Å². The first-order valence-electron chi connectivity index (χ1n) is 5.54. The maximum atomic E-state index is 12.4. The summed E-state index contributed by atoms with van der Waals surface area (Å²) >= 11 is 0. The van der Waals surface area contributed by atoms with Crippen LogP contribution < -0.4 is 5.59 Å². The third-order valence-electron chi connectivity index (χ3n) is 2.61. The Labute approximate surface area is 103 Å². The summed E-state index contributed by atoms with van der Waals surface area (Å²) in [5.41, 5.74) is -0.497. The highest BCUT2D eigenvalue weighted by atomic mass is 19.4. The van der Waals surface area contributed by atoms with Gasteiger partial charge in [0.1, 0.15) is 0 Å². The summed E-state index contributed by atoms with van der Waals surface area (Å²) < 4.78 is 48.0. The molecule has 1 aromatic rings. The number of nitrogens with zero attached hydrogens (tertiary/aromatic N) is 1. The van der Waals surface area contributed by atoms with E-state index in [9.17, 15) is 13.2 Å². The molecule has 18 heavy (non-hydrogen) atoms. The van der Waals surface area contributed by atoms with Crippen molar-refractivity contribution in [2.24, 2.45) is 5.41 Å². The van der Waals surface area contributed by atoms with Gasteiger partial charge < -0.3 is 9.31 Å². The van der Waals surface area contributed by atoms with Gasteiger partial charge in [-0.1, -0.05) is 13.8 Å². The van der Waals surface area contributed by atoms with Gasteiger partial charge in [-0.3, -0.25) is 4.98 Å². The molecule has 7 heteroatoms. The van der Waals surface area contributed by atoms with Crippen molar-refractivity contribution in [3.63, 3.8) is 0 Å². The number of pyridine rings is 1. The van der Waals surface area contributed by atoms with Crippen LogP contribution in [-0.2, 0) is 15.5 Å². The maximum Gasteiger partial charge on any atom is 0.513 e. The quantitative estimate of drug-likeness (QED) is 0.721. The zero-order valence-electron chi connectivity index (χ0n) is 10.1. The highest BCUT2D eigenvalue weighted by molar-refractivity contribution is 6.60. The molecule has 1 aliphatic heterocycles. The average molecular weight is 259 g/mol. The molecule has 1 fully saturated rings. The summed E-state index contributed by atoms with van der Waals surface area (Å²) in [4.78, 5) is 3.75. The summed E-state index contributed by atoms with van der Waals surface area (Å²) in [6, 6.07) is 2.26. The first-order valence-corrected chi connectivity index (χ1v) is 5.54. The Balaban J connectivity index is 2.07. The van der Waals surface area contributed by atoms with Crippen LogP contribution in [0.5, 0.6) is 0 Å². The SMILES string of the molecule is CC1(C)COB(c2ccc(C(F)(F)F)cn2)OC1. The summed E-state index contributed by atoms with van der Waals surface area (Å²) in [5, 5.41) is 0. The molecule has 1 aliphatic rings. The topological polar surface area (TPSA) is 31.4 Å². The summed E-state index contributed by atoms with van der Waals surface area (Å²) in [7, 11) is -0.680. The molecule has 0 amide bonds. The van der Waals surface area contributed by atoms with Crippen LogP contribution in [0.4, 0.5) is 13.2 Å². The minimum Gasteiger partial charge on any atom is -0.406 e. The Morgan fingerprint density at radius 2 is 1.83 bits per heavy atom. The summed E-state index contributed by atoms with van der Waals surface area (Å²) in [5.74, 6) is 0. The predicted octanol–water partition coefficient (Wildman–Crippen LogP) is 1.87. The maximum absolute atomic E-state index is 12.4. The minimum atomic E-state index is -4.37. The lowest BCUT2D eigenvalue weighted by Gasteiger charge is -2.32. The fourth-order valence-electron chi connectivity index (χ4n) is 1.58. The van der Waals surface area contributed by atoms with Crippen molar-refractivity contribution in [1.82, 2.24) is 4.98 Å². The van der Waals surface area contributed by atoms with E-state index >= 15 is 0 Å². The Kier molecular flexibility index (Phi) is 3.38. The summed E-state index contributed by atoms with van der Waals surface area (Å²) in [6.07, 6.45) is -3.58. The highest BCUT2D eigenvalue weighted by Gasteiger charge is 2.36. The van der Waals surface area contributed by atoms with E-state index in [1.165, 1.54) is 6.07 Å². The normalized spacial score (nSPS) is 19.9. The van der Waals surface area contributed by atoms with Crippen molar-refractivity contribution >= 4 is 12.7 Å². The predicted molar refractivity (Wildman–Crippen MR) is 60.3 cm³/mol. The zero-order valence-corrected chi connectivity index (χ0v) is 10.1. The average Bonchev–Trinajstić information content (AvgIpc) is 2.28. The monoisotopic (exact) mass is 259 g/mol. The lowest BCUT2D eigenvalue weighted by Crippen LogP contribution is -2.48. The van der Waals surface area contributed by atoms with E-state index in [4.69, 9.17) is 9.31 Å². The molecule has 2 rings (SSSR count). The van der Waals surface area contributed by atoms with Gasteiger partial charge in [0, 0.05) is 24.8 Å². The van der Waals surface area contributed by atoms with E-state index in [1.807, 2.05) is 13.8 Å². The number of hydrogen-bond acceptors (Lipinski definition) is 3. The molecular weight excluding hydrogens is 246 g/mol. The molecule has 0 bridgehead atoms. The van der Waals surface area contributed by atoms with E-state index < -0.39 is 18.9 Å². The number of halogens is 3. The van der Waals surface area contributed by atoms with E-state index in [0.29, 0.717) is 18.8 Å². The Hall–Kier alpha value is -1.08. The molecule has 98 valence electrons. The second kappa shape index (κ2) is 4.55. The van der Waals surface area contributed by atoms with E-state index in [-0.39, 0.29) is 5.41 Å². The smallest absolute Gasteiger partial charge is 0.406 e. The molecule has 0 aliphatic carbocycles. The summed E-state index contributed by atoms with van der Waals surface area (Å²) in [6.45, 7) is 4.95. The van der Waals surface area contributed by atoms with Crippen molar-refractivity contribution in [3.8, 4) is 0 Å². The Morgan fingerprint density at radius 1 is 1.22 bits per heavy atom. The number of rotatable bonds is 1. The van der Waals surface area contributed by atoms with Crippen molar-refractivity contribution in [2.75, 3.05) is 13.2 Å². The molecule has 2 heterocycles. The van der Waals surface area contributed by atoms with Gasteiger partial charge >= 0.3 is 13.3 Å². The molecule has 0 unspecified atom stereocenters. The van der Waals surface area contributed by atoms with Gasteiger partial charge in [0.25, 0.3) is 0 Å². The lowest BCUT2D eigenvalue weighted by atomic mass is 9.79. The van der Waals surface area contributed by atoms with Crippen LogP contribution in [0.3, 0.4) is 0 Å². The fraction of sp³-hybridized carbons (Fsp3) is 0.545. The van der Waals surface area contributed by atoms with Crippen molar-refractivity contribution in [2.45, 2.75) is 20.0 Å². The first kappa shape index (κ1) is 13.4. The van der Waals surface area contributed by atoms with Crippen LogP contribution in [0.1, 0.15) is 19.4 Å². The second-order valence-corrected chi connectivity index (χ2v) is 5.09. The number of hydrogen-bond donors (Lipinski definition) is 0. The van der Waals surface area contributed by atoms with Crippen LogP contribution >= 0.6 is 0 Å². The number of aromatic nitrogens is 1. The first-order chi connectivity index (χ1) is 8.28. The van der Waals surface area contributed by atoms with Crippen LogP contribution in [0, 0.1) is 5.41 Å². The third kappa shape index (κ3) is 3.03. The Morgan fingerprint density at radius 3 is 2.28 bits per heavy atom. The molecule has 0 spiro atoms. The van der Waals surface area contributed by atoms with Gasteiger partial charge in [-0.25, -0.2) is 0 Å². The van der Waals surface area contributed by atoms with Gasteiger partial charge in [-0.15, -0.1) is 0 Å². The minimum absolute atomic E-state index is 0.0809. The fourth-order valence-corrected chi connectivity index (χ4v) is 1.58. The van der Waals surface area contributed by atoms with Crippen molar-refractivity contribution in [1.29, 1.82) is 0 Å². The highest BCUT2D eigenvalue weighted by Crippen LogP contribution is 2.28. The number of alkyl halides is 3. The molecule has 0 atom stereocenters. The van der Waals surface area contributed by atoms with E-state index in [0.717, 1.165) is 12.3 Å². The van der Waals surface area contributed by atoms with Gasteiger partial charge in [0.15, 0.2) is 0 Å². The largest absolute Gasteiger partial charge is 0.513 e.